The highest BCUT2D eigenvalue weighted by Gasteiger charge is 2.17. The zero-order valence-electron chi connectivity index (χ0n) is 10.5. The summed E-state index contributed by atoms with van der Waals surface area (Å²) in [5.74, 6) is -1.24. The van der Waals surface area contributed by atoms with Gasteiger partial charge in [0.15, 0.2) is 0 Å². The number of hydrogen-bond donors (Lipinski definition) is 2. The number of nitrogens with two attached hydrogens (primary N) is 1. The van der Waals surface area contributed by atoms with Crippen LogP contribution in [0, 0.1) is 0 Å². The third-order valence-corrected chi connectivity index (χ3v) is 2.68. The Hall–Kier alpha value is -2.76. The number of primary amides is 1. The van der Waals surface area contributed by atoms with Gasteiger partial charge in [-0.05, 0) is 12.1 Å². The van der Waals surface area contributed by atoms with Gasteiger partial charge in [-0.15, -0.1) is 0 Å². The van der Waals surface area contributed by atoms with Crippen LogP contribution >= 0.6 is 0 Å². The van der Waals surface area contributed by atoms with Gasteiger partial charge in [0.25, 0.3) is 5.91 Å². The van der Waals surface area contributed by atoms with Gasteiger partial charge in [0, 0.05) is 5.39 Å². The fourth-order valence-electron chi connectivity index (χ4n) is 1.75. The molecule has 0 saturated carbocycles. The van der Waals surface area contributed by atoms with E-state index in [-0.39, 0.29) is 12.1 Å². The van der Waals surface area contributed by atoms with Crippen LogP contribution in [0.15, 0.2) is 36.4 Å². The van der Waals surface area contributed by atoms with E-state index in [1.54, 1.807) is 24.5 Å². The molecule has 0 fully saturated rings. The largest absolute Gasteiger partial charge is 0.370 e. The van der Waals surface area contributed by atoms with Crippen molar-refractivity contribution in [2.45, 2.75) is 12.5 Å². The highest BCUT2D eigenvalue weighted by molar-refractivity contribution is 5.96. The van der Waals surface area contributed by atoms with E-state index in [1.165, 1.54) is 0 Å². The lowest BCUT2D eigenvalue weighted by molar-refractivity contribution is -0.118. The minimum absolute atomic E-state index is 0.161. The summed E-state index contributed by atoms with van der Waals surface area (Å²) in [6, 6.07) is 9.57. The van der Waals surface area contributed by atoms with Crippen molar-refractivity contribution >= 4 is 29.0 Å². The highest BCUT2D eigenvalue weighted by Crippen LogP contribution is 2.11. The first-order chi connectivity index (χ1) is 9.60. The van der Waals surface area contributed by atoms with Crippen LogP contribution in [0.2, 0.25) is 0 Å². The lowest BCUT2D eigenvalue weighted by Crippen LogP contribution is -2.39. The lowest BCUT2D eigenvalue weighted by Gasteiger charge is -2.10. The van der Waals surface area contributed by atoms with E-state index >= 15 is 0 Å². The van der Waals surface area contributed by atoms with Crippen LogP contribution in [0.25, 0.3) is 10.9 Å². The second kappa shape index (κ2) is 5.92. The summed E-state index contributed by atoms with van der Waals surface area (Å²) in [4.78, 5) is 37.5. The Labute approximate surface area is 115 Å². The standard InChI is InChI=1S/C14H12N3O3/c15-13(19)7-10(8-18)16-14(20)12-6-5-9-3-1-2-4-11(9)17-12/h1-6,10H,7H2,(H2,15,19)(H,16,20). The molecule has 0 bridgehead atoms. The molecule has 2 aromatic rings. The zero-order chi connectivity index (χ0) is 14.5. The maximum absolute atomic E-state index is 11.9. The Morgan fingerprint density at radius 1 is 1.25 bits per heavy atom. The summed E-state index contributed by atoms with van der Waals surface area (Å²) in [5, 5.41) is 3.26. The maximum atomic E-state index is 11.9. The Balaban J connectivity index is 2.18. The summed E-state index contributed by atoms with van der Waals surface area (Å²) in [6.07, 6.45) is 1.27. The zero-order valence-corrected chi connectivity index (χ0v) is 10.5. The number of nitrogens with one attached hydrogen (secondary N) is 1. The number of benzene rings is 1. The third kappa shape index (κ3) is 3.17. The van der Waals surface area contributed by atoms with Crippen LogP contribution in [0.5, 0.6) is 0 Å². The Kier molecular flexibility index (Phi) is 4.05. The molecular formula is C14H12N3O3. The Morgan fingerprint density at radius 3 is 2.70 bits per heavy atom. The van der Waals surface area contributed by atoms with Crippen LogP contribution in [0.3, 0.4) is 0 Å². The molecule has 0 aliphatic rings. The third-order valence-electron chi connectivity index (χ3n) is 2.68. The number of fused-ring (bicyclic) bond motifs is 1. The SMILES string of the molecule is NC(=O)CC([C]=O)NC(=O)c1ccc2ccccc2n1. The summed E-state index contributed by atoms with van der Waals surface area (Å²) in [6.45, 7) is 0. The number of hydrogen-bond acceptors (Lipinski definition) is 4. The first-order valence-corrected chi connectivity index (χ1v) is 5.93. The number of amides is 2. The van der Waals surface area contributed by atoms with Crippen LogP contribution in [-0.2, 0) is 9.59 Å². The molecule has 1 heterocycles. The average molecular weight is 270 g/mol. The molecule has 2 rings (SSSR count). The normalized spacial score (nSPS) is 11.8. The second-order valence-corrected chi connectivity index (χ2v) is 4.20. The molecule has 1 aromatic heterocycles. The van der Waals surface area contributed by atoms with Crippen molar-refractivity contribution in [1.29, 1.82) is 0 Å². The van der Waals surface area contributed by atoms with Gasteiger partial charge in [-0.2, -0.15) is 0 Å². The predicted octanol–water partition coefficient (Wildman–Crippen LogP) is 0.318. The van der Waals surface area contributed by atoms with Crippen LogP contribution in [0.4, 0.5) is 0 Å². The Morgan fingerprint density at radius 2 is 2.00 bits per heavy atom. The van der Waals surface area contributed by atoms with Crippen LogP contribution < -0.4 is 11.1 Å². The van der Waals surface area contributed by atoms with Gasteiger partial charge in [-0.3, -0.25) is 14.4 Å². The molecule has 1 radical (unpaired) electrons. The number of para-hydroxylation sites is 1. The molecule has 6 nitrogen and oxygen atoms in total. The van der Waals surface area contributed by atoms with E-state index in [9.17, 15) is 14.4 Å². The summed E-state index contributed by atoms with van der Waals surface area (Å²) >= 11 is 0. The van der Waals surface area contributed by atoms with E-state index in [0.29, 0.717) is 5.52 Å². The molecule has 101 valence electrons. The average Bonchev–Trinajstić information content (AvgIpc) is 2.45. The molecule has 1 atom stereocenters. The van der Waals surface area contributed by atoms with Crippen molar-refractivity contribution in [2.75, 3.05) is 0 Å². The number of rotatable bonds is 5. The molecule has 0 spiro atoms. The van der Waals surface area contributed by atoms with Crippen molar-refractivity contribution in [1.82, 2.24) is 10.3 Å². The molecule has 6 heteroatoms. The molecule has 2 amide bonds. The predicted molar refractivity (Wildman–Crippen MR) is 72.5 cm³/mol. The smallest absolute Gasteiger partial charge is 0.270 e. The lowest BCUT2D eigenvalue weighted by atomic mass is 10.2. The van der Waals surface area contributed by atoms with Crippen molar-refractivity contribution in [2.24, 2.45) is 5.73 Å². The van der Waals surface area contributed by atoms with Gasteiger partial charge in [-0.25, -0.2) is 4.98 Å². The molecule has 0 aliphatic heterocycles. The van der Waals surface area contributed by atoms with Crippen molar-refractivity contribution in [3.05, 3.63) is 42.1 Å². The number of pyridine rings is 1. The summed E-state index contributed by atoms with van der Waals surface area (Å²) in [7, 11) is 0. The fraction of sp³-hybridized carbons (Fsp3) is 0.143. The quantitative estimate of drug-likeness (QED) is 0.816. The van der Waals surface area contributed by atoms with Crippen molar-refractivity contribution < 1.29 is 14.4 Å². The summed E-state index contributed by atoms with van der Waals surface area (Å²) < 4.78 is 0. The van der Waals surface area contributed by atoms with Crippen molar-refractivity contribution in [3.63, 3.8) is 0 Å². The fourth-order valence-corrected chi connectivity index (χ4v) is 1.75. The summed E-state index contributed by atoms with van der Waals surface area (Å²) in [5.41, 5.74) is 5.80. The number of nitrogens with zero attached hydrogens (tertiary/aromatic N) is 1. The van der Waals surface area contributed by atoms with Gasteiger partial charge >= 0.3 is 0 Å². The monoisotopic (exact) mass is 270 g/mol. The minimum Gasteiger partial charge on any atom is -0.370 e. The molecule has 0 saturated heterocycles. The van der Waals surface area contributed by atoms with Gasteiger partial charge in [0.1, 0.15) is 11.7 Å². The minimum atomic E-state index is -1.06. The second-order valence-electron chi connectivity index (χ2n) is 4.20. The first-order valence-electron chi connectivity index (χ1n) is 5.93. The van der Waals surface area contributed by atoms with Gasteiger partial charge in [0.2, 0.25) is 12.2 Å². The van der Waals surface area contributed by atoms with E-state index in [0.717, 1.165) is 5.39 Å². The van der Waals surface area contributed by atoms with E-state index < -0.39 is 17.9 Å². The molecule has 0 aliphatic carbocycles. The molecule has 3 N–H and O–H groups in total. The number of aromatic nitrogens is 1. The molecule has 1 aromatic carbocycles. The molecule has 1 unspecified atom stereocenters. The van der Waals surface area contributed by atoms with Crippen LogP contribution in [0.1, 0.15) is 16.9 Å². The number of carbonyl (C=O) groups is 2. The first kappa shape index (κ1) is 13.7. The van der Waals surface area contributed by atoms with Crippen LogP contribution in [-0.4, -0.2) is 29.1 Å². The van der Waals surface area contributed by atoms with Gasteiger partial charge in [0.05, 0.1) is 11.9 Å². The van der Waals surface area contributed by atoms with E-state index in [1.807, 2.05) is 18.2 Å². The van der Waals surface area contributed by atoms with E-state index in [4.69, 9.17) is 5.73 Å². The highest BCUT2D eigenvalue weighted by atomic mass is 16.2. The maximum Gasteiger partial charge on any atom is 0.270 e. The van der Waals surface area contributed by atoms with Crippen molar-refractivity contribution in [3.8, 4) is 0 Å². The topological polar surface area (TPSA) is 102 Å². The van der Waals surface area contributed by atoms with Gasteiger partial charge in [-0.1, -0.05) is 24.3 Å². The molecule has 20 heavy (non-hydrogen) atoms. The molecular weight excluding hydrogens is 258 g/mol. The van der Waals surface area contributed by atoms with E-state index in [2.05, 4.69) is 10.3 Å². The number of carbonyl (C=O) groups excluding carboxylic acids is 3. The van der Waals surface area contributed by atoms with Gasteiger partial charge < -0.3 is 11.1 Å². The Bertz CT molecular complexity index is 670.